The lowest BCUT2D eigenvalue weighted by Gasteiger charge is -1.70. The Morgan fingerprint density at radius 3 is 2.86 bits per heavy atom. The Labute approximate surface area is 38.4 Å². The van der Waals surface area contributed by atoms with Gasteiger partial charge in [-0.3, -0.25) is 4.79 Å². The maximum Gasteiger partial charge on any atom is 0.285 e. The summed E-state index contributed by atoms with van der Waals surface area (Å²) < 4.78 is 0. The first-order valence-corrected chi connectivity index (χ1v) is 1.62. The molecule has 0 aromatic carbocycles. The molecule has 1 N–H and O–H groups in total. The van der Waals surface area contributed by atoms with Gasteiger partial charge in [-0.1, -0.05) is 0 Å². The van der Waals surface area contributed by atoms with Crippen LogP contribution in [0, 0.1) is 0 Å². The van der Waals surface area contributed by atoms with Gasteiger partial charge in [0.05, 0.1) is 0 Å². The summed E-state index contributed by atoms with van der Waals surface area (Å²) in [6, 6.07) is 0. The molecule has 1 aromatic heterocycles. The molecule has 36 valence electrons. The number of aromatic nitrogens is 4. The summed E-state index contributed by atoms with van der Waals surface area (Å²) >= 11 is 0. The van der Waals surface area contributed by atoms with Gasteiger partial charge in [-0.25, -0.2) is 5.10 Å². The molecule has 0 aliphatic carbocycles. The van der Waals surface area contributed by atoms with E-state index in [9.17, 15) is 4.79 Å². The quantitative estimate of drug-likeness (QED) is 0.431. The van der Waals surface area contributed by atoms with Crippen molar-refractivity contribution in [2.75, 3.05) is 0 Å². The highest BCUT2D eigenvalue weighted by Gasteiger charge is 1.73. The summed E-state index contributed by atoms with van der Waals surface area (Å²) in [7, 11) is 0. The monoisotopic (exact) mass is 98.0 g/mol. The van der Waals surface area contributed by atoms with Crippen LogP contribution in [0.3, 0.4) is 0 Å². The fourth-order valence-electron chi connectivity index (χ4n) is 0.205. The zero-order chi connectivity index (χ0) is 5.11. The largest absolute Gasteiger partial charge is 0.285 e. The van der Waals surface area contributed by atoms with E-state index in [-0.39, 0.29) is 5.56 Å². The van der Waals surface area contributed by atoms with Crippen LogP contribution in [0.15, 0.2) is 11.0 Å². The summed E-state index contributed by atoms with van der Waals surface area (Å²) in [6.07, 6.45) is 1.05. The van der Waals surface area contributed by atoms with Crippen LogP contribution in [-0.2, 0) is 0 Å². The number of H-pyrrole nitrogens is 1. The fourth-order valence-corrected chi connectivity index (χ4v) is 0.205. The van der Waals surface area contributed by atoms with E-state index in [0.717, 1.165) is 6.20 Å². The maximum absolute atomic E-state index is 10.0. The van der Waals surface area contributed by atoms with Crippen molar-refractivity contribution < 1.29 is 0 Å². The first-order chi connectivity index (χ1) is 3.39. The third kappa shape index (κ3) is 0.783. The molecule has 0 aliphatic rings. The van der Waals surface area contributed by atoms with Gasteiger partial charge in [0.25, 0.3) is 5.56 Å². The molecule has 0 radical (unpaired) electrons. The van der Waals surface area contributed by atoms with E-state index in [0.29, 0.717) is 0 Å². The van der Waals surface area contributed by atoms with Crippen LogP contribution in [-0.4, -0.2) is 20.6 Å². The van der Waals surface area contributed by atoms with Gasteiger partial charge >= 0.3 is 0 Å². The summed E-state index contributed by atoms with van der Waals surface area (Å²) in [6.45, 7) is 0. The van der Waals surface area contributed by atoms with Gasteiger partial charge < -0.3 is 0 Å². The molecule has 0 aliphatic heterocycles. The predicted molar refractivity (Wildman–Crippen MR) is 20.4 cm³/mol. The van der Waals surface area contributed by atoms with Crippen LogP contribution in [0.25, 0.3) is 0 Å². The third-order valence-electron chi connectivity index (χ3n) is 0.432. The summed E-state index contributed by atoms with van der Waals surface area (Å²) in [5, 5.41) is 11.4. The highest BCUT2D eigenvalue weighted by molar-refractivity contribution is 4.58. The number of nitrogens with zero attached hydrogens (tertiary/aromatic N) is 3. The van der Waals surface area contributed by atoms with Crippen molar-refractivity contribution in [1.82, 2.24) is 20.6 Å². The van der Waals surface area contributed by atoms with Crippen LogP contribution >= 0.6 is 0 Å². The van der Waals surface area contributed by atoms with Crippen LogP contribution in [0.2, 0.25) is 0 Å². The van der Waals surface area contributed by atoms with Gasteiger partial charge in [-0.05, 0) is 10.4 Å². The first-order valence-electron chi connectivity index (χ1n) is 1.62. The fraction of sp³-hybridized carbons (Fsp3) is 0. The van der Waals surface area contributed by atoms with Crippen LogP contribution in [0.5, 0.6) is 0 Å². The minimum absolute atomic E-state index is 0.338. The molecular formula is C2H2N4O. The van der Waals surface area contributed by atoms with Crippen molar-refractivity contribution in [1.29, 1.82) is 0 Å². The molecule has 0 saturated carbocycles. The predicted octanol–water partition coefficient (Wildman–Crippen LogP) is -1.44. The van der Waals surface area contributed by atoms with Gasteiger partial charge in [-0.2, -0.15) is 0 Å². The van der Waals surface area contributed by atoms with Gasteiger partial charge in [-0.15, -0.1) is 5.10 Å². The second-order valence-electron chi connectivity index (χ2n) is 0.910. The molecule has 5 nitrogen and oxygen atoms in total. The Balaban J connectivity index is 3.28. The second kappa shape index (κ2) is 1.46. The number of rotatable bonds is 0. The van der Waals surface area contributed by atoms with E-state index in [2.05, 4.69) is 20.6 Å². The van der Waals surface area contributed by atoms with Gasteiger partial charge in [0.2, 0.25) is 0 Å². The highest BCUT2D eigenvalue weighted by atomic mass is 16.1. The Bertz CT molecular complexity index is 175. The maximum atomic E-state index is 10.0. The number of hydrogen-bond acceptors (Lipinski definition) is 4. The van der Waals surface area contributed by atoms with E-state index in [4.69, 9.17) is 0 Å². The van der Waals surface area contributed by atoms with Crippen molar-refractivity contribution in [3.05, 3.63) is 16.6 Å². The Kier molecular flexibility index (Phi) is 0.816. The molecule has 0 bridgehead atoms. The Morgan fingerprint density at radius 1 is 1.71 bits per heavy atom. The minimum atomic E-state index is -0.338. The lowest BCUT2D eigenvalue weighted by atomic mass is 10.9. The van der Waals surface area contributed by atoms with Crippen molar-refractivity contribution in [2.24, 2.45) is 0 Å². The van der Waals surface area contributed by atoms with Crippen LogP contribution in [0.1, 0.15) is 0 Å². The van der Waals surface area contributed by atoms with E-state index >= 15 is 0 Å². The summed E-state index contributed by atoms with van der Waals surface area (Å²) in [5.41, 5.74) is -0.338. The Hall–Kier alpha value is -1.26. The molecule has 5 heteroatoms. The number of aromatic amines is 1. The average Bonchev–Trinajstić information content (AvgIpc) is 1.69. The zero-order valence-corrected chi connectivity index (χ0v) is 3.33. The molecule has 0 fully saturated rings. The smallest absolute Gasteiger partial charge is 0.266 e. The highest BCUT2D eigenvalue weighted by Crippen LogP contribution is 1.41. The normalized spacial score (nSPS) is 8.57. The minimum Gasteiger partial charge on any atom is -0.266 e. The van der Waals surface area contributed by atoms with Gasteiger partial charge in [0.1, 0.15) is 6.20 Å². The average molecular weight is 98.1 g/mol. The van der Waals surface area contributed by atoms with Crippen molar-refractivity contribution in [2.45, 2.75) is 0 Å². The Morgan fingerprint density at radius 2 is 2.57 bits per heavy atom. The molecule has 0 atom stereocenters. The van der Waals surface area contributed by atoms with Gasteiger partial charge in [0, 0.05) is 0 Å². The molecule has 1 rings (SSSR count). The SMILES string of the molecule is O=c1cnnn[nH]1. The van der Waals surface area contributed by atoms with Gasteiger partial charge in [0.15, 0.2) is 0 Å². The second-order valence-corrected chi connectivity index (χ2v) is 0.910. The number of hydrogen-bond donors (Lipinski definition) is 1. The molecule has 0 saturated heterocycles. The topological polar surface area (TPSA) is 71.5 Å². The van der Waals surface area contributed by atoms with E-state index < -0.39 is 0 Å². The lowest BCUT2D eigenvalue weighted by Crippen LogP contribution is -2.08. The molecule has 1 aromatic rings. The van der Waals surface area contributed by atoms with Crippen LogP contribution < -0.4 is 5.56 Å². The van der Waals surface area contributed by atoms with Crippen LogP contribution in [0.4, 0.5) is 0 Å². The number of nitrogens with one attached hydrogen (secondary N) is 1. The molecule has 0 unspecified atom stereocenters. The standard InChI is InChI=1S/C2H2N4O/c7-2-1-3-5-6-4-2/h1H,(H,4,5,7). The van der Waals surface area contributed by atoms with E-state index in [1.807, 2.05) is 0 Å². The lowest BCUT2D eigenvalue weighted by molar-refractivity contribution is 0.742. The summed E-state index contributed by atoms with van der Waals surface area (Å²) in [5.74, 6) is 0. The summed E-state index contributed by atoms with van der Waals surface area (Å²) in [4.78, 5) is 10.0. The van der Waals surface area contributed by atoms with E-state index in [1.54, 1.807) is 0 Å². The molecule has 0 amide bonds. The molecular weight excluding hydrogens is 96.0 g/mol. The third-order valence-corrected chi connectivity index (χ3v) is 0.432. The van der Waals surface area contributed by atoms with Crippen molar-refractivity contribution in [3.63, 3.8) is 0 Å². The molecule has 0 spiro atoms. The zero-order valence-electron chi connectivity index (χ0n) is 3.33. The van der Waals surface area contributed by atoms with E-state index in [1.165, 1.54) is 0 Å². The first kappa shape index (κ1) is 3.91. The van der Waals surface area contributed by atoms with Crippen molar-refractivity contribution >= 4 is 0 Å². The van der Waals surface area contributed by atoms with Crippen molar-refractivity contribution in [3.8, 4) is 0 Å². The molecule has 1 heterocycles. The molecule has 7 heavy (non-hydrogen) atoms.